The number of hydrogen-bond donors (Lipinski definition) is 2. The van der Waals surface area contributed by atoms with E-state index >= 15 is 0 Å². The summed E-state index contributed by atoms with van der Waals surface area (Å²) in [5.41, 5.74) is 2.54. The molecular formula is C16H22N2O3S. The van der Waals surface area contributed by atoms with Crippen molar-refractivity contribution in [1.29, 1.82) is 0 Å². The molecule has 0 unspecified atom stereocenters. The molecular weight excluding hydrogens is 300 g/mol. The highest BCUT2D eigenvalue weighted by atomic mass is 32.2. The van der Waals surface area contributed by atoms with Gasteiger partial charge in [0.2, 0.25) is 0 Å². The molecule has 0 aliphatic heterocycles. The molecule has 0 saturated heterocycles. The fraction of sp³-hybridized carbons (Fsp3) is 0.438. The average Bonchev–Trinajstić information content (AvgIpc) is 2.93. The maximum atomic E-state index is 11.8. The lowest BCUT2D eigenvalue weighted by molar-refractivity contribution is 0.252. The lowest BCUT2D eigenvalue weighted by atomic mass is 10.2. The number of allylic oxidation sites excluding steroid dienone is 1. The fourth-order valence-electron chi connectivity index (χ4n) is 2.55. The monoisotopic (exact) mass is 322 g/mol. The number of sulfone groups is 1. The number of anilines is 1. The SMILES string of the molecule is Cc1ccc(NC(=O)NCCC2=CCCC2)cc1S(C)(=O)=O. The zero-order valence-electron chi connectivity index (χ0n) is 13.0. The zero-order chi connectivity index (χ0) is 16.2. The number of urea groups is 1. The molecule has 0 bridgehead atoms. The minimum absolute atomic E-state index is 0.237. The van der Waals surface area contributed by atoms with E-state index in [1.165, 1.54) is 18.1 Å². The number of carbonyl (C=O) groups excluding carboxylic acids is 1. The summed E-state index contributed by atoms with van der Waals surface area (Å²) < 4.78 is 23.4. The first-order valence-corrected chi connectivity index (χ1v) is 9.29. The number of hydrogen-bond acceptors (Lipinski definition) is 3. The highest BCUT2D eigenvalue weighted by molar-refractivity contribution is 7.90. The third-order valence-electron chi connectivity index (χ3n) is 3.71. The Hall–Kier alpha value is -1.82. The van der Waals surface area contributed by atoms with Gasteiger partial charge in [-0.05, 0) is 50.3 Å². The number of nitrogens with one attached hydrogen (secondary N) is 2. The summed E-state index contributed by atoms with van der Waals surface area (Å²) in [6.07, 6.45) is 7.74. The molecule has 0 atom stereocenters. The van der Waals surface area contributed by atoms with Gasteiger partial charge in [-0.15, -0.1) is 0 Å². The Kier molecular flexibility index (Phi) is 5.24. The summed E-state index contributed by atoms with van der Waals surface area (Å²) in [5, 5.41) is 5.46. The van der Waals surface area contributed by atoms with Crippen LogP contribution < -0.4 is 10.6 Å². The van der Waals surface area contributed by atoms with Crippen LogP contribution in [0.2, 0.25) is 0 Å². The van der Waals surface area contributed by atoms with E-state index in [4.69, 9.17) is 0 Å². The van der Waals surface area contributed by atoms with Crippen molar-refractivity contribution in [2.75, 3.05) is 18.1 Å². The summed E-state index contributed by atoms with van der Waals surface area (Å²) in [6, 6.07) is 4.56. The molecule has 0 saturated carbocycles. The summed E-state index contributed by atoms with van der Waals surface area (Å²) in [4.78, 5) is 12.1. The molecule has 0 aromatic heterocycles. The van der Waals surface area contributed by atoms with Gasteiger partial charge < -0.3 is 10.6 Å². The quantitative estimate of drug-likeness (QED) is 0.818. The number of rotatable bonds is 5. The molecule has 0 heterocycles. The predicted octanol–water partition coefficient (Wildman–Crippen LogP) is 3.02. The molecule has 22 heavy (non-hydrogen) atoms. The van der Waals surface area contributed by atoms with Crippen LogP contribution in [0, 0.1) is 6.92 Å². The van der Waals surface area contributed by atoms with Crippen LogP contribution in [0.5, 0.6) is 0 Å². The van der Waals surface area contributed by atoms with E-state index in [9.17, 15) is 13.2 Å². The Bertz CT molecular complexity index is 693. The first kappa shape index (κ1) is 16.5. The predicted molar refractivity (Wildman–Crippen MR) is 87.9 cm³/mol. The Labute approximate surface area is 131 Å². The van der Waals surface area contributed by atoms with E-state index in [0.29, 0.717) is 17.8 Å². The molecule has 1 aliphatic carbocycles. The van der Waals surface area contributed by atoms with Gasteiger partial charge in [0, 0.05) is 18.5 Å². The van der Waals surface area contributed by atoms with Crippen LogP contribution >= 0.6 is 0 Å². The Morgan fingerprint density at radius 2 is 2.09 bits per heavy atom. The van der Waals surface area contributed by atoms with Gasteiger partial charge in [-0.25, -0.2) is 13.2 Å². The number of aryl methyl sites for hydroxylation is 1. The van der Waals surface area contributed by atoms with Crippen LogP contribution in [0.1, 0.15) is 31.2 Å². The normalized spacial score (nSPS) is 14.5. The smallest absolute Gasteiger partial charge is 0.319 e. The minimum atomic E-state index is -3.30. The molecule has 120 valence electrons. The summed E-state index contributed by atoms with van der Waals surface area (Å²) in [6.45, 7) is 2.32. The van der Waals surface area contributed by atoms with Gasteiger partial charge in [0.1, 0.15) is 0 Å². The lowest BCUT2D eigenvalue weighted by Crippen LogP contribution is -2.29. The number of benzene rings is 1. The molecule has 2 rings (SSSR count). The lowest BCUT2D eigenvalue weighted by Gasteiger charge is -2.10. The second-order valence-corrected chi connectivity index (χ2v) is 7.62. The van der Waals surface area contributed by atoms with Crippen LogP contribution in [0.25, 0.3) is 0 Å². The van der Waals surface area contributed by atoms with E-state index in [-0.39, 0.29) is 10.9 Å². The van der Waals surface area contributed by atoms with Gasteiger partial charge in [0.15, 0.2) is 9.84 Å². The molecule has 6 heteroatoms. The van der Waals surface area contributed by atoms with E-state index in [1.807, 2.05) is 0 Å². The molecule has 0 spiro atoms. The van der Waals surface area contributed by atoms with E-state index in [0.717, 1.165) is 25.5 Å². The molecule has 2 N–H and O–H groups in total. The van der Waals surface area contributed by atoms with E-state index < -0.39 is 9.84 Å². The standard InChI is InChI=1S/C16H22N2O3S/c1-12-7-8-14(11-15(12)22(2,20)21)18-16(19)17-10-9-13-5-3-4-6-13/h5,7-8,11H,3-4,6,9-10H2,1-2H3,(H2,17,18,19). The van der Waals surface area contributed by atoms with Gasteiger partial charge in [-0.2, -0.15) is 0 Å². The van der Waals surface area contributed by atoms with Gasteiger partial charge in [-0.1, -0.05) is 17.7 Å². The molecule has 1 aliphatic rings. The van der Waals surface area contributed by atoms with E-state index in [1.54, 1.807) is 19.1 Å². The Morgan fingerprint density at radius 3 is 2.73 bits per heavy atom. The summed E-state index contributed by atoms with van der Waals surface area (Å²) >= 11 is 0. The zero-order valence-corrected chi connectivity index (χ0v) is 13.8. The van der Waals surface area contributed by atoms with Gasteiger partial charge in [0.05, 0.1) is 4.90 Å². The number of amides is 2. The molecule has 5 nitrogen and oxygen atoms in total. The van der Waals surface area contributed by atoms with Crippen molar-refractivity contribution >= 4 is 21.6 Å². The molecule has 2 amide bonds. The van der Waals surface area contributed by atoms with Gasteiger partial charge in [-0.3, -0.25) is 0 Å². The molecule has 1 aromatic carbocycles. The minimum Gasteiger partial charge on any atom is -0.338 e. The largest absolute Gasteiger partial charge is 0.338 e. The fourth-order valence-corrected chi connectivity index (χ4v) is 3.55. The number of carbonyl (C=O) groups is 1. The van der Waals surface area contributed by atoms with Crippen molar-refractivity contribution in [2.45, 2.75) is 37.5 Å². The Morgan fingerprint density at radius 1 is 1.32 bits per heavy atom. The van der Waals surface area contributed by atoms with E-state index in [2.05, 4.69) is 16.7 Å². The van der Waals surface area contributed by atoms with Crippen molar-refractivity contribution in [3.63, 3.8) is 0 Å². The first-order chi connectivity index (χ1) is 10.4. The third-order valence-corrected chi connectivity index (χ3v) is 4.95. The highest BCUT2D eigenvalue weighted by Gasteiger charge is 2.12. The van der Waals surface area contributed by atoms with Gasteiger partial charge >= 0.3 is 6.03 Å². The maximum absolute atomic E-state index is 11.8. The second-order valence-electron chi connectivity index (χ2n) is 5.64. The maximum Gasteiger partial charge on any atom is 0.319 e. The van der Waals surface area contributed by atoms with Crippen molar-refractivity contribution in [2.24, 2.45) is 0 Å². The highest BCUT2D eigenvalue weighted by Crippen LogP contribution is 2.21. The van der Waals surface area contributed by atoms with Crippen LogP contribution in [-0.4, -0.2) is 27.2 Å². The molecule has 1 aromatic rings. The first-order valence-electron chi connectivity index (χ1n) is 7.40. The summed E-state index contributed by atoms with van der Waals surface area (Å²) in [7, 11) is -3.30. The third kappa shape index (κ3) is 4.59. The molecule has 0 radical (unpaired) electrons. The van der Waals surface area contributed by atoms with Crippen LogP contribution in [0.15, 0.2) is 34.7 Å². The van der Waals surface area contributed by atoms with Crippen molar-refractivity contribution in [3.8, 4) is 0 Å². The van der Waals surface area contributed by atoms with Crippen LogP contribution in [0.4, 0.5) is 10.5 Å². The topological polar surface area (TPSA) is 75.3 Å². The average molecular weight is 322 g/mol. The Balaban J connectivity index is 1.91. The van der Waals surface area contributed by atoms with Gasteiger partial charge in [0.25, 0.3) is 0 Å². The molecule has 0 fully saturated rings. The van der Waals surface area contributed by atoms with Crippen LogP contribution in [0.3, 0.4) is 0 Å². The second kappa shape index (κ2) is 6.96. The van der Waals surface area contributed by atoms with Crippen molar-refractivity contribution in [1.82, 2.24) is 5.32 Å². The summed E-state index contributed by atoms with van der Waals surface area (Å²) in [5.74, 6) is 0. The van der Waals surface area contributed by atoms with Crippen molar-refractivity contribution < 1.29 is 13.2 Å². The van der Waals surface area contributed by atoms with Crippen molar-refractivity contribution in [3.05, 3.63) is 35.4 Å². The van der Waals surface area contributed by atoms with Crippen LogP contribution in [-0.2, 0) is 9.84 Å².